The van der Waals surface area contributed by atoms with Crippen LogP contribution >= 0.6 is 23.2 Å². The molecule has 1 heterocycles. The van der Waals surface area contributed by atoms with Crippen LogP contribution in [0.2, 0.25) is 10.0 Å². The van der Waals surface area contributed by atoms with Crippen molar-refractivity contribution in [3.8, 4) is 22.3 Å². The van der Waals surface area contributed by atoms with Crippen LogP contribution in [0.3, 0.4) is 0 Å². The number of carboxylic acids is 1. The van der Waals surface area contributed by atoms with Crippen LogP contribution in [-0.2, 0) is 17.5 Å². The molecule has 0 unspecified atom stereocenters. The average molecular weight is 601 g/mol. The summed E-state index contributed by atoms with van der Waals surface area (Å²) >= 11 is 12.6. The van der Waals surface area contributed by atoms with E-state index in [1.54, 1.807) is 12.1 Å². The van der Waals surface area contributed by atoms with Gasteiger partial charge in [0.05, 0.1) is 10.6 Å². The van der Waals surface area contributed by atoms with E-state index in [0.29, 0.717) is 32.4 Å². The maximum absolute atomic E-state index is 13.5. The number of nitrogens with zero attached hydrogens (tertiary/aromatic N) is 1. The molecule has 0 aliphatic rings. The first-order valence-corrected chi connectivity index (χ1v) is 13.4. The molecule has 2 N–H and O–H groups in total. The summed E-state index contributed by atoms with van der Waals surface area (Å²) in [5, 5.41) is 13.1. The van der Waals surface area contributed by atoms with Gasteiger partial charge in [-0.15, -0.1) is 0 Å². The lowest BCUT2D eigenvalue weighted by Gasteiger charge is -2.16. The molecule has 0 spiro atoms. The predicted octanol–water partition coefficient (Wildman–Crippen LogP) is 9.10. The Morgan fingerprint density at radius 2 is 1.66 bits per heavy atom. The maximum Gasteiger partial charge on any atom is 0.416 e. The first-order valence-electron chi connectivity index (χ1n) is 12.6. The number of carbonyl (C=O) groups is 2. The number of pyridine rings is 1. The van der Waals surface area contributed by atoms with Crippen molar-refractivity contribution in [3.63, 3.8) is 0 Å². The third-order valence-electron chi connectivity index (χ3n) is 6.52. The minimum absolute atomic E-state index is 0.0102. The third kappa shape index (κ3) is 7.65. The van der Waals surface area contributed by atoms with Gasteiger partial charge in [0.25, 0.3) is 0 Å². The summed E-state index contributed by atoms with van der Waals surface area (Å²) in [4.78, 5) is 27.2. The van der Waals surface area contributed by atoms with Crippen LogP contribution in [0.5, 0.6) is 0 Å². The average Bonchev–Trinajstić information content (AvgIpc) is 2.91. The SMILES string of the molecule is Cc1cc(Cl)ccc1-c1ccc(NCc2ccc(C(F)(F)F)cc2-c2ccc(C(=O)CCCC(=O)O)nc2)cc1Cl. The lowest BCUT2D eigenvalue weighted by atomic mass is 9.97. The molecule has 0 atom stereocenters. The van der Waals surface area contributed by atoms with Gasteiger partial charge >= 0.3 is 12.1 Å². The molecule has 212 valence electrons. The Morgan fingerprint density at radius 3 is 2.29 bits per heavy atom. The maximum atomic E-state index is 13.5. The van der Waals surface area contributed by atoms with Gasteiger partial charge in [-0.25, -0.2) is 0 Å². The normalized spacial score (nSPS) is 11.4. The quantitative estimate of drug-likeness (QED) is 0.177. The fourth-order valence-corrected chi connectivity index (χ4v) is 4.90. The number of alkyl halides is 3. The molecule has 0 saturated carbocycles. The van der Waals surface area contributed by atoms with Crippen LogP contribution in [0.25, 0.3) is 22.3 Å². The molecule has 10 heteroatoms. The van der Waals surface area contributed by atoms with Gasteiger partial charge in [-0.2, -0.15) is 13.2 Å². The summed E-state index contributed by atoms with van der Waals surface area (Å²) in [5.74, 6) is -1.33. The zero-order valence-electron chi connectivity index (χ0n) is 21.9. The number of aryl methyl sites for hydroxylation is 1. The Balaban J connectivity index is 1.57. The second-order valence-corrected chi connectivity index (χ2v) is 10.3. The van der Waals surface area contributed by atoms with Crippen molar-refractivity contribution in [2.24, 2.45) is 0 Å². The zero-order chi connectivity index (χ0) is 29.7. The largest absolute Gasteiger partial charge is 0.481 e. The number of aromatic nitrogens is 1. The van der Waals surface area contributed by atoms with Crippen LogP contribution in [-0.4, -0.2) is 21.8 Å². The minimum atomic E-state index is -4.54. The number of hydrogen-bond acceptors (Lipinski definition) is 4. The van der Waals surface area contributed by atoms with E-state index in [9.17, 15) is 22.8 Å². The number of benzene rings is 3. The number of aliphatic carboxylic acids is 1. The highest BCUT2D eigenvalue weighted by Crippen LogP contribution is 2.36. The first-order chi connectivity index (χ1) is 19.4. The Hall–Kier alpha value is -3.88. The fourth-order valence-electron chi connectivity index (χ4n) is 4.39. The van der Waals surface area contributed by atoms with Crippen molar-refractivity contribution in [1.82, 2.24) is 4.98 Å². The second-order valence-electron chi connectivity index (χ2n) is 9.48. The molecule has 4 aromatic rings. The summed E-state index contributed by atoms with van der Waals surface area (Å²) < 4.78 is 40.6. The summed E-state index contributed by atoms with van der Waals surface area (Å²) in [7, 11) is 0. The lowest BCUT2D eigenvalue weighted by Crippen LogP contribution is -2.08. The number of hydrogen-bond donors (Lipinski definition) is 2. The molecule has 0 radical (unpaired) electrons. The summed E-state index contributed by atoms with van der Waals surface area (Å²) in [5.41, 5.74) is 4.01. The van der Waals surface area contributed by atoms with Gasteiger partial charge in [0.15, 0.2) is 5.78 Å². The van der Waals surface area contributed by atoms with Crippen LogP contribution < -0.4 is 5.32 Å². The van der Waals surface area contributed by atoms with E-state index in [1.165, 1.54) is 24.4 Å². The topological polar surface area (TPSA) is 79.3 Å². The van der Waals surface area contributed by atoms with Gasteiger partial charge < -0.3 is 10.4 Å². The van der Waals surface area contributed by atoms with Gasteiger partial charge in [0, 0.05) is 47.4 Å². The highest BCUT2D eigenvalue weighted by Gasteiger charge is 2.31. The van der Waals surface area contributed by atoms with Crippen molar-refractivity contribution in [3.05, 3.63) is 105 Å². The molecular weight excluding hydrogens is 576 g/mol. The van der Waals surface area contributed by atoms with Crippen molar-refractivity contribution < 1.29 is 27.9 Å². The van der Waals surface area contributed by atoms with Crippen molar-refractivity contribution in [2.75, 3.05) is 5.32 Å². The van der Waals surface area contributed by atoms with E-state index >= 15 is 0 Å². The Morgan fingerprint density at radius 1 is 0.902 bits per heavy atom. The van der Waals surface area contributed by atoms with E-state index in [4.69, 9.17) is 28.3 Å². The molecule has 0 saturated heterocycles. The number of carbonyl (C=O) groups excluding carboxylic acids is 1. The summed E-state index contributed by atoms with van der Waals surface area (Å²) in [6, 6.07) is 17.4. The molecule has 4 rings (SSSR count). The van der Waals surface area contributed by atoms with Crippen LogP contribution in [0.4, 0.5) is 18.9 Å². The Labute approximate surface area is 245 Å². The smallest absolute Gasteiger partial charge is 0.416 e. The molecular formula is C31H25Cl2F3N2O3. The van der Waals surface area contributed by atoms with Gasteiger partial charge in [0.2, 0.25) is 0 Å². The number of nitrogens with one attached hydrogen (secondary N) is 1. The Kier molecular flexibility index (Phi) is 9.35. The number of anilines is 1. The van der Waals surface area contributed by atoms with Crippen molar-refractivity contribution in [1.29, 1.82) is 0 Å². The number of carboxylic acid groups (broad SMARTS) is 1. The van der Waals surface area contributed by atoms with E-state index < -0.39 is 17.7 Å². The monoisotopic (exact) mass is 600 g/mol. The molecule has 0 aliphatic heterocycles. The zero-order valence-corrected chi connectivity index (χ0v) is 23.4. The van der Waals surface area contributed by atoms with Gasteiger partial charge in [0.1, 0.15) is 5.69 Å². The number of halogens is 5. The number of Topliss-reactive ketones (excluding diaryl/α,β-unsaturated/α-hetero) is 1. The first kappa shape index (κ1) is 30.1. The van der Waals surface area contributed by atoms with Crippen molar-refractivity contribution in [2.45, 2.75) is 38.9 Å². The highest BCUT2D eigenvalue weighted by atomic mass is 35.5. The van der Waals surface area contributed by atoms with E-state index in [-0.39, 0.29) is 37.3 Å². The third-order valence-corrected chi connectivity index (χ3v) is 7.07. The molecule has 0 fully saturated rings. The standard InChI is InChI=1S/C31H25Cl2F3N2O3/c1-18-13-22(32)8-10-24(18)25-11-9-23(15-27(25)33)37-16-19-5-7-21(31(34,35)36)14-26(19)20-6-12-28(38-17-20)29(39)3-2-4-30(40)41/h5-15,17,37H,2-4,16H2,1H3,(H,40,41). The second kappa shape index (κ2) is 12.7. The van der Waals surface area contributed by atoms with Crippen molar-refractivity contribution >= 4 is 40.6 Å². The molecule has 0 amide bonds. The van der Waals surface area contributed by atoms with Gasteiger partial charge in [-0.1, -0.05) is 47.5 Å². The summed E-state index contributed by atoms with van der Waals surface area (Å²) in [6.45, 7) is 2.13. The van der Waals surface area contributed by atoms with E-state index in [1.807, 2.05) is 31.2 Å². The fraction of sp³-hybridized carbons (Fsp3) is 0.194. The molecule has 1 aromatic heterocycles. The molecule has 41 heavy (non-hydrogen) atoms. The van der Waals surface area contributed by atoms with Gasteiger partial charge in [-0.3, -0.25) is 14.6 Å². The Bertz CT molecular complexity index is 1590. The lowest BCUT2D eigenvalue weighted by molar-refractivity contribution is -0.138. The highest BCUT2D eigenvalue weighted by molar-refractivity contribution is 6.34. The molecule has 5 nitrogen and oxygen atoms in total. The molecule has 3 aromatic carbocycles. The molecule has 0 bridgehead atoms. The molecule has 0 aliphatic carbocycles. The minimum Gasteiger partial charge on any atom is -0.481 e. The van der Waals surface area contributed by atoms with E-state index in [0.717, 1.165) is 28.8 Å². The van der Waals surface area contributed by atoms with Gasteiger partial charge in [-0.05, 0) is 78.1 Å². The number of ketones is 1. The predicted molar refractivity (Wildman–Crippen MR) is 154 cm³/mol. The van der Waals surface area contributed by atoms with Crippen LogP contribution in [0.1, 0.15) is 46.4 Å². The van der Waals surface area contributed by atoms with Crippen LogP contribution in [0, 0.1) is 6.92 Å². The number of rotatable bonds is 10. The summed E-state index contributed by atoms with van der Waals surface area (Å²) in [6.07, 6.45) is -3.15. The van der Waals surface area contributed by atoms with E-state index in [2.05, 4.69) is 10.3 Å². The van der Waals surface area contributed by atoms with Crippen LogP contribution in [0.15, 0.2) is 72.9 Å².